The molecule has 13 heteroatoms. The first-order valence-electron chi connectivity index (χ1n) is 14.3. The van der Waals surface area contributed by atoms with Crippen molar-refractivity contribution in [1.82, 2.24) is 19.3 Å². The highest BCUT2D eigenvalue weighted by molar-refractivity contribution is 6.11. The Morgan fingerprint density at radius 1 is 1.20 bits per heavy atom. The number of fused-ring (bicyclic) bond motifs is 2. The zero-order chi connectivity index (χ0) is 31.4. The number of nitrogens with zero attached hydrogens (tertiary/aromatic N) is 5. The molecule has 0 aliphatic carbocycles. The molecule has 2 aliphatic heterocycles. The summed E-state index contributed by atoms with van der Waals surface area (Å²) in [5.41, 5.74) is 8.13. The van der Waals surface area contributed by atoms with E-state index in [9.17, 15) is 19.1 Å². The van der Waals surface area contributed by atoms with Crippen molar-refractivity contribution in [3.8, 4) is 11.3 Å². The summed E-state index contributed by atoms with van der Waals surface area (Å²) in [7, 11) is 0. The molecule has 12 nitrogen and oxygen atoms in total. The number of hydrogen-bond donors (Lipinski definition) is 3. The average Bonchev–Trinajstić information content (AvgIpc) is 3.54. The Balaban J connectivity index is 1.34. The molecule has 3 aromatic heterocycles. The number of aliphatic hydroxyl groups is 1. The molecule has 0 radical (unpaired) electrons. The number of carbonyl (C=O) groups excluding carboxylic acids is 2. The summed E-state index contributed by atoms with van der Waals surface area (Å²) in [5.74, 6) is -0.454. The van der Waals surface area contributed by atoms with Gasteiger partial charge >= 0.3 is 6.09 Å². The van der Waals surface area contributed by atoms with Crippen molar-refractivity contribution in [3.63, 3.8) is 0 Å². The van der Waals surface area contributed by atoms with Gasteiger partial charge in [0.15, 0.2) is 5.72 Å². The van der Waals surface area contributed by atoms with Gasteiger partial charge in [0.25, 0.3) is 5.91 Å². The summed E-state index contributed by atoms with van der Waals surface area (Å²) >= 11 is 0. The summed E-state index contributed by atoms with van der Waals surface area (Å²) in [5, 5.41) is 13.3. The second kappa shape index (κ2) is 10.8. The molecule has 2 atom stereocenters. The van der Waals surface area contributed by atoms with Crippen LogP contribution in [0.3, 0.4) is 0 Å². The first kappa shape index (κ1) is 29.5. The van der Waals surface area contributed by atoms with E-state index in [1.165, 1.54) is 12.1 Å². The Labute approximate surface area is 253 Å². The van der Waals surface area contributed by atoms with Crippen molar-refractivity contribution in [2.45, 2.75) is 51.7 Å². The van der Waals surface area contributed by atoms with Crippen LogP contribution in [0.2, 0.25) is 0 Å². The third-order valence-corrected chi connectivity index (χ3v) is 7.71. The number of anilines is 3. The van der Waals surface area contributed by atoms with Crippen LogP contribution in [0.25, 0.3) is 16.9 Å². The smallest absolute Gasteiger partial charge is 0.417 e. The molecule has 1 aromatic carbocycles. The normalized spacial score (nSPS) is 19.3. The van der Waals surface area contributed by atoms with Crippen molar-refractivity contribution < 1.29 is 28.6 Å². The summed E-state index contributed by atoms with van der Waals surface area (Å²) in [6, 6.07) is 9.87. The molecule has 1 fully saturated rings. The van der Waals surface area contributed by atoms with Crippen LogP contribution in [0.15, 0.2) is 55.0 Å². The van der Waals surface area contributed by atoms with Crippen molar-refractivity contribution in [2.24, 2.45) is 5.73 Å². The quantitative estimate of drug-likeness (QED) is 0.305. The third-order valence-electron chi connectivity index (χ3n) is 7.71. The van der Waals surface area contributed by atoms with Crippen LogP contribution in [-0.4, -0.2) is 73.5 Å². The largest absolute Gasteiger partial charge is 0.443 e. The lowest BCUT2D eigenvalue weighted by Crippen LogP contribution is -2.63. The summed E-state index contributed by atoms with van der Waals surface area (Å²) in [6.45, 7) is 8.02. The van der Waals surface area contributed by atoms with Crippen LogP contribution >= 0.6 is 0 Å². The van der Waals surface area contributed by atoms with E-state index in [0.29, 0.717) is 59.2 Å². The van der Waals surface area contributed by atoms with Crippen LogP contribution in [0.1, 0.15) is 43.6 Å². The molecule has 2 unspecified atom stereocenters. The fourth-order valence-electron chi connectivity index (χ4n) is 5.41. The number of nitrogens with one attached hydrogen (secondary N) is 1. The van der Waals surface area contributed by atoms with Gasteiger partial charge in [-0.1, -0.05) is 6.07 Å². The second-order valence-corrected chi connectivity index (χ2v) is 12.0. The van der Waals surface area contributed by atoms with E-state index in [2.05, 4.69) is 15.3 Å². The minimum atomic E-state index is -1.19. The molecular formula is C31H34FN7O5. The van der Waals surface area contributed by atoms with Crippen LogP contribution in [0, 0.1) is 5.82 Å². The number of rotatable bonds is 5. The van der Waals surface area contributed by atoms with Gasteiger partial charge < -0.3 is 24.8 Å². The van der Waals surface area contributed by atoms with Crippen molar-refractivity contribution in [1.29, 1.82) is 0 Å². The van der Waals surface area contributed by atoms with E-state index in [4.69, 9.17) is 15.2 Å². The third kappa shape index (κ3) is 5.45. The molecule has 0 spiro atoms. The fraction of sp³-hybridized carbons (Fsp3) is 0.355. The lowest BCUT2D eigenvalue weighted by Gasteiger charge is -2.42. The van der Waals surface area contributed by atoms with Crippen LogP contribution in [0.4, 0.5) is 26.4 Å². The molecule has 0 saturated carbocycles. The SMILES string of the molecule is CC(O)C1(N)CN(c2ccc(Nc3ccc(-c4cnc5cc(F)ccn45)c4c3C(=O)N(C(=O)OC(C)(C)C)C4)nc2)CCO1. The monoisotopic (exact) mass is 603 g/mol. The number of amides is 2. The van der Waals surface area contributed by atoms with Gasteiger partial charge in [-0.25, -0.2) is 24.1 Å². The number of imide groups is 1. The van der Waals surface area contributed by atoms with Gasteiger partial charge in [0.1, 0.15) is 22.9 Å². The molecule has 4 aromatic rings. The molecule has 44 heavy (non-hydrogen) atoms. The second-order valence-electron chi connectivity index (χ2n) is 12.0. The maximum Gasteiger partial charge on any atom is 0.417 e. The van der Waals surface area contributed by atoms with E-state index >= 15 is 0 Å². The zero-order valence-corrected chi connectivity index (χ0v) is 24.9. The van der Waals surface area contributed by atoms with Crippen LogP contribution in [0.5, 0.6) is 0 Å². The van der Waals surface area contributed by atoms with Gasteiger partial charge in [0.2, 0.25) is 0 Å². The first-order chi connectivity index (χ1) is 20.8. The molecule has 5 heterocycles. The average molecular weight is 604 g/mol. The molecular weight excluding hydrogens is 569 g/mol. The van der Waals surface area contributed by atoms with Gasteiger partial charge in [-0.15, -0.1) is 0 Å². The van der Waals surface area contributed by atoms with E-state index in [0.717, 1.165) is 10.6 Å². The number of aliphatic hydroxyl groups excluding tert-OH is 1. The van der Waals surface area contributed by atoms with Crippen molar-refractivity contribution in [3.05, 3.63) is 71.9 Å². The van der Waals surface area contributed by atoms with Gasteiger partial charge in [-0.2, -0.15) is 0 Å². The van der Waals surface area contributed by atoms with Crippen molar-refractivity contribution >= 4 is 34.8 Å². The molecule has 2 amide bonds. The Morgan fingerprint density at radius 3 is 2.70 bits per heavy atom. The van der Waals surface area contributed by atoms with Gasteiger partial charge in [-0.3, -0.25) is 14.9 Å². The number of halogens is 1. The number of carbonyl (C=O) groups is 2. The topological polar surface area (TPSA) is 148 Å². The Hall–Kier alpha value is -4.59. The number of pyridine rings is 2. The van der Waals surface area contributed by atoms with E-state index < -0.39 is 35.2 Å². The van der Waals surface area contributed by atoms with E-state index in [1.807, 2.05) is 17.0 Å². The van der Waals surface area contributed by atoms with Gasteiger partial charge in [-0.05, 0) is 57.5 Å². The van der Waals surface area contributed by atoms with Gasteiger partial charge in [0.05, 0.1) is 60.8 Å². The lowest BCUT2D eigenvalue weighted by atomic mass is 9.99. The molecule has 230 valence electrons. The fourth-order valence-corrected chi connectivity index (χ4v) is 5.41. The molecule has 0 bridgehead atoms. The number of hydrogen-bond acceptors (Lipinski definition) is 10. The van der Waals surface area contributed by atoms with Crippen molar-refractivity contribution in [2.75, 3.05) is 29.9 Å². The molecule has 4 N–H and O–H groups in total. The highest BCUT2D eigenvalue weighted by atomic mass is 19.1. The lowest BCUT2D eigenvalue weighted by molar-refractivity contribution is -0.120. The summed E-state index contributed by atoms with van der Waals surface area (Å²) in [6.07, 6.45) is 3.25. The predicted molar refractivity (Wildman–Crippen MR) is 161 cm³/mol. The first-order valence-corrected chi connectivity index (χ1v) is 14.3. The maximum absolute atomic E-state index is 13.9. The highest BCUT2D eigenvalue weighted by Gasteiger charge is 2.39. The van der Waals surface area contributed by atoms with Crippen LogP contribution < -0.4 is 16.0 Å². The van der Waals surface area contributed by atoms with E-state index in [1.54, 1.807) is 62.8 Å². The Kier molecular flexibility index (Phi) is 7.26. The number of imidazole rings is 1. The Bertz CT molecular complexity index is 1750. The number of aromatic nitrogens is 3. The zero-order valence-electron chi connectivity index (χ0n) is 24.9. The standard InChI is InChI=1S/C31H34FN7O5/c1-18(40)31(33)17-37(11-12-43-31)20-5-8-25(34-14-20)36-23-7-6-21(24-15-35-26-13-19(32)9-10-38(24)26)22-16-39(28(41)27(22)23)29(42)44-30(2,3)4/h5-10,13-15,18,40H,11-12,16-17,33H2,1-4H3,(H,34,36). The summed E-state index contributed by atoms with van der Waals surface area (Å²) in [4.78, 5) is 38.8. The highest BCUT2D eigenvalue weighted by Crippen LogP contribution is 2.39. The number of morpholine rings is 1. The molecule has 1 saturated heterocycles. The van der Waals surface area contributed by atoms with Gasteiger partial charge in [0, 0.05) is 24.4 Å². The molecule has 2 aliphatic rings. The predicted octanol–water partition coefficient (Wildman–Crippen LogP) is 4.04. The number of benzene rings is 1. The number of ether oxygens (including phenoxy) is 2. The number of nitrogens with two attached hydrogens (primary N) is 1. The minimum absolute atomic E-state index is 0.0180. The Morgan fingerprint density at radius 2 is 2.00 bits per heavy atom. The maximum atomic E-state index is 13.9. The van der Waals surface area contributed by atoms with E-state index in [-0.39, 0.29) is 6.54 Å². The minimum Gasteiger partial charge on any atom is -0.443 e. The molecule has 6 rings (SSSR count). The van der Waals surface area contributed by atoms with Crippen LogP contribution in [-0.2, 0) is 16.0 Å². The summed E-state index contributed by atoms with van der Waals surface area (Å²) < 4.78 is 26.7.